The van der Waals surface area contributed by atoms with Gasteiger partial charge in [0.15, 0.2) is 0 Å². The largest absolute Gasteiger partial charge is 0.469 e. The molecule has 0 aliphatic carbocycles. The van der Waals surface area contributed by atoms with Gasteiger partial charge in [0.2, 0.25) is 0 Å². The number of rotatable bonds is 2. The third-order valence-corrected chi connectivity index (χ3v) is 2.97. The van der Waals surface area contributed by atoms with Crippen LogP contribution in [0.5, 0.6) is 0 Å². The Labute approximate surface area is 86.6 Å². The van der Waals surface area contributed by atoms with Crippen LogP contribution in [0.4, 0.5) is 0 Å². The first-order chi connectivity index (χ1) is 6.68. The molecule has 0 aromatic carbocycles. The lowest BCUT2D eigenvalue weighted by Crippen LogP contribution is -2.04. The highest BCUT2D eigenvalue weighted by Gasteiger charge is 2.10. The SMILES string of the molecule is Cc1occc1-c1nc(C(C)N)cs1. The van der Waals surface area contributed by atoms with Crippen LogP contribution in [0.3, 0.4) is 0 Å². The van der Waals surface area contributed by atoms with Crippen LogP contribution in [-0.2, 0) is 0 Å². The van der Waals surface area contributed by atoms with Crippen molar-refractivity contribution in [3.63, 3.8) is 0 Å². The van der Waals surface area contributed by atoms with Crippen LogP contribution in [0.15, 0.2) is 22.1 Å². The molecular formula is C10H12N2OS. The van der Waals surface area contributed by atoms with Gasteiger partial charge in [-0.25, -0.2) is 4.98 Å². The zero-order valence-corrected chi connectivity index (χ0v) is 8.97. The van der Waals surface area contributed by atoms with E-state index in [9.17, 15) is 0 Å². The Morgan fingerprint density at radius 2 is 2.36 bits per heavy atom. The summed E-state index contributed by atoms with van der Waals surface area (Å²) in [4.78, 5) is 4.45. The van der Waals surface area contributed by atoms with Gasteiger partial charge in [0.25, 0.3) is 0 Å². The average molecular weight is 208 g/mol. The lowest BCUT2D eigenvalue weighted by molar-refractivity contribution is 0.535. The first-order valence-electron chi connectivity index (χ1n) is 4.44. The molecule has 1 unspecified atom stereocenters. The summed E-state index contributed by atoms with van der Waals surface area (Å²) >= 11 is 1.60. The molecule has 74 valence electrons. The van der Waals surface area contributed by atoms with Gasteiger partial charge >= 0.3 is 0 Å². The number of nitrogens with zero attached hydrogens (tertiary/aromatic N) is 1. The molecule has 2 aromatic heterocycles. The summed E-state index contributed by atoms with van der Waals surface area (Å²) in [7, 11) is 0. The fourth-order valence-corrected chi connectivity index (χ4v) is 2.22. The van der Waals surface area contributed by atoms with Gasteiger partial charge in [-0.3, -0.25) is 0 Å². The normalized spacial score (nSPS) is 13.1. The highest BCUT2D eigenvalue weighted by Crippen LogP contribution is 2.28. The molecule has 2 heterocycles. The number of hydrogen-bond acceptors (Lipinski definition) is 4. The highest BCUT2D eigenvalue weighted by molar-refractivity contribution is 7.13. The Morgan fingerprint density at radius 3 is 2.86 bits per heavy atom. The number of aryl methyl sites for hydroxylation is 1. The second-order valence-corrected chi connectivity index (χ2v) is 4.11. The molecule has 0 bridgehead atoms. The zero-order chi connectivity index (χ0) is 10.1. The Kier molecular flexibility index (Phi) is 2.39. The molecule has 2 N–H and O–H groups in total. The molecule has 0 spiro atoms. The number of furan rings is 1. The van der Waals surface area contributed by atoms with Gasteiger partial charge in [-0.05, 0) is 19.9 Å². The predicted molar refractivity (Wildman–Crippen MR) is 57.2 cm³/mol. The first kappa shape index (κ1) is 9.43. The minimum atomic E-state index is -0.00722. The molecule has 2 rings (SSSR count). The molecule has 0 aliphatic heterocycles. The maximum absolute atomic E-state index is 5.74. The zero-order valence-electron chi connectivity index (χ0n) is 8.15. The molecule has 0 aliphatic rings. The summed E-state index contributed by atoms with van der Waals surface area (Å²) in [6.07, 6.45) is 1.68. The average Bonchev–Trinajstić information content (AvgIpc) is 2.71. The quantitative estimate of drug-likeness (QED) is 0.825. The Bertz CT molecular complexity index is 431. The summed E-state index contributed by atoms with van der Waals surface area (Å²) in [5.74, 6) is 0.899. The Morgan fingerprint density at radius 1 is 1.57 bits per heavy atom. The van der Waals surface area contributed by atoms with Crippen molar-refractivity contribution in [2.75, 3.05) is 0 Å². The number of nitrogens with two attached hydrogens (primary N) is 1. The van der Waals surface area contributed by atoms with Crippen LogP contribution in [0, 0.1) is 6.92 Å². The van der Waals surface area contributed by atoms with E-state index in [1.165, 1.54) is 0 Å². The van der Waals surface area contributed by atoms with Crippen LogP contribution >= 0.6 is 11.3 Å². The minimum absolute atomic E-state index is 0.00722. The molecule has 0 fully saturated rings. The van der Waals surface area contributed by atoms with E-state index in [2.05, 4.69) is 4.98 Å². The molecule has 0 saturated heterocycles. The molecule has 2 aromatic rings. The smallest absolute Gasteiger partial charge is 0.127 e. The van der Waals surface area contributed by atoms with E-state index in [0.29, 0.717) is 0 Å². The van der Waals surface area contributed by atoms with Crippen molar-refractivity contribution >= 4 is 11.3 Å². The molecule has 14 heavy (non-hydrogen) atoms. The van der Waals surface area contributed by atoms with Gasteiger partial charge in [0.1, 0.15) is 10.8 Å². The van der Waals surface area contributed by atoms with Crippen molar-refractivity contribution in [1.82, 2.24) is 4.98 Å². The number of aromatic nitrogens is 1. The van der Waals surface area contributed by atoms with Crippen LogP contribution in [0.2, 0.25) is 0 Å². The van der Waals surface area contributed by atoms with Gasteiger partial charge in [-0.2, -0.15) is 0 Å². The van der Waals surface area contributed by atoms with Crippen LogP contribution in [0.25, 0.3) is 10.6 Å². The van der Waals surface area contributed by atoms with E-state index < -0.39 is 0 Å². The summed E-state index contributed by atoms with van der Waals surface area (Å²) in [6.45, 7) is 3.86. The Balaban J connectivity index is 2.39. The summed E-state index contributed by atoms with van der Waals surface area (Å²) in [6, 6.07) is 1.92. The van der Waals surface area contributed by atoms with E-state index in [0.717, 1.165) is 22.0 Å². The van der Waals surface area contributed by atoms with Gasteiger partial charge in [-0.1, -0.05) is 0 Å². The maximum Gasteiger partial charge on any atom is 0.127 e. The van der Waals surface area contributed by atoms with Crippen molar-refractivity contribution < 1.29 is 4.42 Å². The van der Waals surface area contributed by atoms with Crippen LogP contribution in [0.1, 0.15) is 24.4 Å². The maximum atomic E-state index is 5.74. The minimum Gasteiger partial charge on any atom is -0.469 e. The number of thiazole rings is 1. The molecule has 0 radical (unpaired) electrons. The predicted octanol–water partition coefficient (Wildman–Crippen LogP) is 2.73. The van der Waals surface area contributed by atoms with E-state index in [4.69, 9.17) is 10.2 Å². The van der Waals surface area contributed by atoms with Crippen molar-refractivity contribution in [3.05, 3.63) is 29.2 Å². The lowest BCUT2D eigenvalue weighted by Gasteiger charge is -1.97. The topological polar surface area (TPSA) is 52.0 Å². The van der Waals surface area contributed by atoms with Crippen LogP contribution < -0.4 is 5.73 Å². The fraction of sp³-hybridized carbons (Fsp3) is 0.300. The molecule has 4 heteroatoms. The summed E-state index contributed by atoms with van der Waals surface area (Å²) in [5, 5.41) is 2.97. The highest BCUT2D eigenvalue weighted by atomic mass is 32.1. The van der Waals surface area contributed by atoms with Crippen molar-refractivity contribution in [2.45, 2.75) is 19.9 Å². The van der Waals surface area contributed by atoms with E-state index in [1.807, 2.05) is 25.3 Å². The second kappa shape index (κ2) is 3.55. The van der Waals surface area contributed by atoms with Crippen molar-refractivity contribution in [3.8, 4) is 10.6 Å². The molecule has 3 nitrogen and oxygen atoms in total. The first-order valence-corrected chi connectivity index (χ1v) is 5.32. The summed E-state index contributed by atoms with van der Waals surface area (Å²) < 4.78 is 5.22. The van der Waals surface area contributed by atoms with Crippen molar-refractivity contribution in [2.24, 2.45) is 5.73 Å². The monoisotopic (exact) mass is 208 g/mol. The van der Waals surface area contributed by atoms with Crippen molar-refractivity contribution in [1.29, 1.82) is 0 Å². The molecule has 0 amide bonds. The van der Waals surface area contributed by atoms with Gasteiger partial charge < -0.3 is 10.2 Å². The summed E-state index contributed by atoms with van der Waals surface area (Å²) in [5.41, 5.74) is 7.73. The third-order valence-electron chi connectivity index (χ3n) is 2.08. The third kappa shape index (κ3) is 1.58. The Hall–Kier alpha value is -1.13. The second-order valence-electron chi connectivity index (χ2n) is 3.26. The fourth-order valence-electron chi connectivity index (χ4n) is 1.23. The number of hydrogen-bond donors (Lipinski definition) is 1. The van der Waals surface area contributed by atoms with Gasteiger partial charge in [0, 0.05) is 11.4 Å². The standard InChI is InChI=1S/C10H12N2OS/c1-6(11)9-5-14-10(12-9)8-3-4-13-7(8)2/h3-6H,11H2,1-2H3. The van der Waals surface area contributed by atoms with Gasteiger partial charge in [-0.15, -0.1) is 11.3 Å². The molecule has 0 saturated carbocycles. The molecular weight excluding hydrogens is 196 g/mol. The van der Waals surface area contributed by atoms with E-state index in [-0.39, 0.29) is 6.04 Å². The molecule has 1 atom stereocenters. The van der Waals surface area contributed by atoms with E-state index >= 15 is 0 Å². The van der Waals surface area contributed by atoms with E-state index in [1.54, 1.807) is 17.6 Å². The van der Waals surface area contributed by atoms with Gasteiger partial charge in [0.05, 0.1) is 17.5 Å². The lowest BCUT2D eigenvalue weighted by atomic mass is 10.2. The van der Waals surface area contributed by atoms with Crippen LogP contribution in [-0.4, -0.2) is 4.98 Å².